The van der Waals surface area contributed by atoms with E-state index in [0.717, 1.165) is 31.2 Å². The Morgan fingerprint density at radius 2 is 2.19 bits per heavy atom. The van der Waals surface area contributed by atoms with Crippen LogP contribution in [0, 0.1) is 11.8 Å². The lowest BCUT2D eigenvalue weighted by Crippen LogP contribution is -2.44. The molecule has 32 heavy (non-hydrogen) atoms. The molecule has 12 heteroatoms. The quantitative estimate of drug-likeness (QED) is 0.0554. The second-order valence-corrected chi connectivity index (χ2v) is 8.65. The van der Waals surface area contributed by atoms with Gasteiger partial charge in [0.25, 0.3) is 0 Å². The second-order valence-electron chi connectivity index (χ2n) is 7.49. The van der Waals surface area contributed by atoms with Crippen LogP contribution in [0.2, 0.25) is 0 Å². The molecule has 1 aliphatic carbocycles. The lowest BCUT2D eigenvalue weighted by molar-refractivity contribution is -0.155. The molecule has 1 heterocycles. The molecule has 2 amide bonds. The molecular formula is C20H28ClFN6O3S. The first-order valence-corrected chi connectivity index (χ1v) is 11.4. The summed E-state index contributed by atoms with van der Waals surface area (Å²) in [5.41, 5.74) is 11.0. The zero-order chi connectivity index (χ0) is 23.5. The minimum absolute atomic E-state index is 0.0837. The highest BCUT2D eigenvalue weighted by Crippen LogP contribution is 2.30. The molecule has 176 valence electrons. The summed E-state index contributed by atoms with van der Waals surface area (Å²) in [6, 6.07) is 1.88. The van der Waals surface area contributed by atoms with Gasteiger partial charge in [-0.2, -0.15) is 16.3 Å². The van der Waals surface area contributed by atoms with Gasteiger partial charge in [0.05, 0.1) is 18.2 Å². The van der Waals surface area contributed by atoms with Gasteiger partial charge in [0.15, 0.2) is 16.9 Å². The van der Waals surface area contributed by atoms with Crippen LogP contribution < -0.4 is 21.9 Å². The van der Waals surface area contributed by atoms with E-state index in [9.17, 15) is 19.2 Å². The monoisotopic (exact) mass is 486 g/mol. The van der Waals surface area contributed by atoms with E-state index < -0.39 is 28.8 Å². The topological polar surface area (TPSA) is 132 Å². The molecule has 0 bridgehead atoms. The maximum atomic E-state index is 14.9. The number of amides is 2. The van der Waals surface area contributed by atoms with E-state index in [-0.39, 0.29) is 18.7 Å². The molecule has 2 rings (SSSR count). The Kier molecular flexibility index (Phi) is 10.4. The number of amidine groups is 1. The first kappa shape index (κ1) is 25.6. The number of aliphatic imine (C=N–C) groups is 1. The fraction of sp³-hybridized carbons (Fsp3) is 0.450. The zero-order valence-corrected chi connectivity index (χ0v) is 19.1. The maximum Gasteiger partial charge on any atom is 0.243 e. The van der Waals surface area contributed by atoms with E-state index in [2.05, 4.69) is 27.7 Å². The summed E-state index contributed by atoms with van der Waals surface area (Å²) in [5.74, 6) is -2.27. The summed E-state index contributed by atoms with van der Waals surface area (Å²) >= 11 is 7.12. The maximum absolute atomic E-state index is 14.9. The van der Waals surface area contributed by atoms with Crippen LogP contribution in [-0.2, 0) is 16.1 Å². The zero-order valence-electron chi connectivity index (χ0n) is 17.5. The van der Waals surface area contributed by atoms with E-state index in [0.29, 0.717) is 23.9 Å². The van der Waals surface area contributed by atoms with Crippen molar-refractivity contribution < 1.29 is 19.2 Å². The SMILES string of the molecule is C=C(NCc1ccsc1)/C(F)=C(\N=C(/N)Cl)NNC(=O)[C@H](CC1CCCC1)CN(O)C=O. The number of hydrazine groups is 1. The van der Waals surface area contributed by atoms with Gasteiger partial charge in [0, 0.05) is 6.54 Å². The van der Waals surface area contributed by atoms with Crippen LogP contribution in [0.1, 0.15) is 37.7 Å². The van der Waals surface area contributed by atoms with Gasteiger partial charge in [0.1, 0.15) is 0 Å². The van der Waals surface area contributed by atoms with Crippen molar-refractivity contribution >= 4 is 40.5 Å². The minimum atomic E-state index is -0.895. The van der Waals surface area contributed by atoms with Gasteiger partial charge in [0.2, 0.25) is 12.3 Å². The first-order chi connectivity index (χ1) is 15.3. The average molecular weight is 487 g/mol. The summed E-state index contributed by atoms with van der Waals surface area (Å²) in [6.07, 6.45) is 4.83. The second kappa shape index (κ2) is 13.0. The van der Waals surface area contributed by atoms with Crippen LogP contribution >= 0.6 is 22.9 Å². The third kappa shape index (κ3) is 8.48. The molecule has 0 spiro atoms. The molecule has 1 aromatic rings. The van der Waals surface area contributed by atoms with Gasteiger partial charge in [-0.05, 0) is 46.3 Å². The number of halogens is 2. The van der Waals surface area contributed by atoms with E-state index in [1.54, 1.807) is 0 Å². The highest BCUT2D eigenvalue weighted by Gasteiger charge is 2.27. The van der Waals surface area contributed by atoms with Crippen LogP contribution in [0.25, 0.3) is 0 Å². The first-order valence-electron chi connectivity index (χ1n) is 10.1. The van der Waals surface area contributed by atoms with E-state index >= 15 is 0 Å². The Labute approximate surface area is 195 Å². The molecule has 0 saturated heterocycles. The van der Waals surface area contributed by atoms with Crippen LogP contribution in [0.5, 0.6) is 0 Å². The van der Waals surface area contributed by atoms with E-state index in [4.69, 9.17) is 17.3 Å². The Morgan fingerprint density at radius 3 is 2.78 bits per heavy atom. The lowest BCUT2D eigenvalue weighted by atomic mass is 9.92. The third-order valence-electron chi connectivity index (χ3n) is 5.07. The molecule has 1 saturated carbocycles. The number of allylic oxidation sites excluding steroid dienone is 1. The molecule has 0 aromatic carbocycles. The summed E-state index contributed by atoms with van der Waals surface area (Å²) in [5, 5.41) is 16.2. The van der Waals surface area contributed by atoms with Crippen molar-refractivity contribution in [2.45, 2.75) is 38.6 Å². The summed E-state index contributed by atoms with van der Waals surface area (Å²) in [7, 11) is 0. The highest BCUT2D eigenvalue weighted by atomic mass is 35.5. The third-order valence-corrected chi connectivity index (χ3v) is 5.89. The van der Waals surface area contributed by atoms with Crippen LogP contribution in [-0.4, -0.2) is 34.4 Å². The van der Waals surface area contributed by atoms with Crippen molar-refractivity contribution in [3.63, 3.8) is 0 Å². The van der Waals surface area contributed by atoms with Crippen molar-refractivity contribution in [1.29, 1.82) is 0 Å². The predicted octanol–water partition coefficient (Wildman–Crippen LogP) is 2.71. The molecule has 0 radical (unpaired) electrons. The Morgan fingerprint density at radius 1 is 1.47 bits per heavy atom. The Balaban J connectivity index is 2.05. The number of thiophene rings is 1. The number of nitrogens with one attached hydrogen (secondary N) is 3. The van der Waals surface area contributed by atoms with Crippen LogP contribution in [0.4, 0.5) is 4.39 Å². The number of hydrogen-bond donors (Lipinski definition) is 5. The average Bonchev–Trinajstić information content (AvgIpc) is 3.47. The number of nitrogens with zero attached hydrogens (tertiary/aromatic N) is 2. The number of carbonyl (C=O) groups excluding carboxylic acids is 2. The highest BCUT2D eigenvalue weighted by molar-refractivity contribution is 7.07. The minimum Gasteiger partial charge on any atom is -0.379 e. The molecule has 0 aliphatic heterocycles. The molecule has 6 N–H and O–H groups in total. The number of hydroxylamine groups is 2. The van der Waals surface area contributed by atoms with E-state index in [1.165, 1.54) is 11.3 Å². The summed E-state index contributed by atoms with van der Waals surface area (Å²) < 4.78 is 14.9. The van der Waals surface area contributed by atoms with Crippen molar-refractivity contribution in [3.8, 4) is 0 Å². The lowest BCUT2D eigenvalue weighted by Gasteiger charge is -2.22. The van der Waals surface area contributed by atoms with Gasteiger partial charge < -0.3 is 11.1 Å². The van der Waals surface area contributed by atoms with Crippen LogP contribution in [0.3, 0.4) is 0 Å². The number of carbonyl (C=O) groups is 2. The summed E-state index contributed by atoms with van der Waals surface area (Å²) in [6.45, 7) is 3.79. The molecule has 1 aliphatic rings. The Hall–Kier alpha value is -2.63. The molecule has 1 atom stereocenters. The fourth-order valence-electron chi connectivity index (χ4n) is 3.47. The number of hydrogen-bond acceptors (Lipinski definition) is 7. The van der Waals surface area contributed by atoms with Crippen molar-refractivity contribution in [1.82, 2.24) is 21.2 Å². The van der Waals surface area contributed by atoms with Gasteiger partial charge in [-0.15, -0.1) is 0 Å². The molecule has 0 unspecified atom stereocenters. The van der Waals surface area contributed by atoms with Gasteiger partial charge >= 0.3 is 0 Å². The number of nitrogens with two attached hydrogens (primary N) is 1. The largest absolute Gasteiger partial charge is 0.379 e. The van der Waals surface area contributed by atoms with Crippen molar-refractivity contribution in [2.75, 3.05) is 6.54 Å². The van der Waals surface area contributed by atoms with Crippen molar-refractivity contribution in [3.05, 3.63) is 46.3 Å². The smallest absolute Gasteiger partial charge is 0.243 e. The molecule has 1 fully saturated rings. The molecular weight excluding hydrogens is 459 g/mol. The van der Waals surface area contributed by atoms with Gasteiger partial charge in [-0.1, -0.05) is 32.3 Å². The Bertz CT molecular complexity index is 838. The number of rotatable bonds is 13. The molecule has 1 aromatic heterocycles. The van der Waals surface area contributed by atoms with Crippen molar-refractivity contribution in [2.24, 2.45) is 22.6 Å². The van der Waals surface area contributed by atoms with E-state index in [1.807, 2.05) is 16.8 Å². The normalized spacial score (nSPS) is 16.2. The molecule has 9 nitrogen and oxygen atoms in total. The standard InChI is InChI=1S/C20H28ClFN6O3S/c1-13(24-9-15-6-7-32-11-15)17(22)18(25-20(21)23)26-27-19(30)16(10-28(31)12-29)8-14-4-2-3-5-14/h6-7,11-12,14,16,24,26,31H,1-5,8-10H2,(H2,23,25)(H,27,30)/b18-17-/t16-/m1/s1. The predicted molar refractivity (Wildman–Crippen MR) is 122 cm³/mol. The van der Waals surface area contributed by atoms with Gasteiger partial charge in [-0.3, -0.25) is 25.6 Å². The summed E-state index contributed by atoms with van der Waals surface area (Å²) in [4.78, 5) is 27.2. The van der Waals surface area contributed by atoms with Crippen LogP contribution in [0.15, 0.2) is 45.7 Å². The fourth-order valence-corrected chi connectivity index (χ4v) is 4.22. The van der Waals surface area contributed by atoms with Gasteiger partial charge in [-0.25, -0.2) is 9.45 Å².